The van der Waals surface area contributed by atoms with E-state index in [9.17, 15) is 4.79 Å². The second-order valence-corrected chi connectivity index (χ2v) is 4.08. The molecule has 1 aromatic heterocycles. The SMILES string of the molecule is CCC(CC)N(CCO)C(=O)Cn1cnc(N)n1. The minimum atomic E-state index is -0.0809. The van der Waals surface area contributed by atoms with Crippen molar-refractivity contribution in [3.63, 3.8) is 0 Å². The summed E-state index contributed by atoms with van der Waals surface area (Å²) in [5.41, 5.74) is 5.39. The third-order valence-corrected chi connectivity index (χ3v) is 2.90. The summed E-state index contributed by atoms with van der Waals surface area (Å²) in [5.74, 6) is 0.0710. The first-order valence-corrected chi connectivity index (χ1v) is 6.17. The summed E-state index contributed by atoms with van der Waals surface area (Å²) in [6.07, 6.45) is 3.15. The van der Waals surface area contributed by atoms with E-state index in [4.69, 9.17) is 10.8 Å². The number of aromatic nitrogens is 3. The maximum Gasteiger partial charge on any atom is 0.244 e. The van der Waals surface area contributed by atoms with Gasteiger partial charge in [-0.15, -0.1) is 5.10 Å². The first-order chi connectivity index (χ1) is 8.62. The Morgan fingerprint density at radius 3 is 2.67 bits per heavy atom. The second kappa shape index (κ2) is 6.95. The Morgan fingerprint density at radius 2 is 2.22 bits per heavy atom. The number of carbonyl (C=O) groups is 1. The lowest BCUT2D eigenvalue weighted by molar-refractivity contribution is -0.135. The number of carbonyl (C=O) groups excluding carboxylic acids is 1. The van der Waals surface area contributed by atoms with Crippen molar-refractivity contribution in [3.8, 4) is 0 Å². The van der Waals surface area contributed by atoms with E-state index >= 15 is 0 Å². The highest BCUT2D eigenvalue weighted by molar-refractivity contribution is 5.76. The zero-order chi connectivity index (χ0) is 13.5. The number of anilines is 1. The highest BCUT2D eigenvalue weighted by atomic mass is 16.3. The fraction of sp³-hybridized carbons (Fsp3) is 0.727. The molecule has 7 heteroatoms. The number of nitrogen functional groups attached to an aromatic ring is 1. The van der Waals surface area contributed by atoms with Gasteiger partial charge in [0.1, 0.15) is 12.9 Å². The molecule has 0 spiro atoms. The molecule has 0 saturated heterocycles. The summed E-state index contributed by atoms with van der Waals surface area (Å²) < 4.78 is 1.41. The van der Waals surface area contributed by atoms with E-state index in [1.165, 1.54) is 11.0 Å². The molecule has 3 N–H and O–H groups in total. The maximum atomic E-state index is 12.2. The van der Waals surface area contributed by atoms with Crippen LogP contribution in [0.5, 0.6) is 0 Å². The smallest absolute Gasteiger partial charge is 0.244 e. The highest BCUT2D eigenvalue weighted by Crippen LogP contribution is 2.09. The number of hydrogen-bond donors (Lipinski definition) is 2. The predicted octanol–water partition coefficient (Wildman–Crippen LogP) is -0.130. The largest absolute Gasteiger partial charge is 0.395 e. The van der Waals surface area contributed by atoms with Gasteiger partial charge in [0.2, 0.25) is 11.9 Å². The van der Waals surface area contributed by atoms with Crippen molar-refractivity contribution in [3.05, 3.63) is 6.33 Å². The van der Waals surface area contributed by atoms with E-state index in [1.807, 2.05) is 13.8 Å². The number of nitrogens with zero attached hydrogens (tertiary/aromatic N) is 4. The second-order valence-electron chi connectivity index (χ2n) is 4.08. The molecule has 1 rings (SSSR count). The van der Waals surface area contributed by atoms with Gasteiger partial charge in [-0.1, -0.05) is 13.8 Å². The third kappa shape index (κ3) is 3.69. The molecule has 0 unspecified atom stereocenters. The van der Waals surface area contributed by atoms with Crippen LogP contribution in [-0.2, 0) is 11.3 Å². The lowest BCUT2D eigenvalue weighted by atomic mass is 10.1. The first kappa shape index (κ1) is 14.4. The third-order valence-electron chi connectivity index (χ3n) is 2.90. The number of rotatable bonds is 7. The Bertz CT molecular complexity index is 375. The Morgan fingerprint density at radius 1 is 1.56 bits per heavy atom. The summed E-state index contributed by atoms with van der Waals surface area (Å²) in [5, 5.41) is 12.9. The number of aliphatic hydroxyl groups excluding tert-OH is 1. The van der Waals surface area contributed by atoms with Gasteiger partial charge in [0.25, 0.3) is 0 Å². The van der Waals surface area contributed by atoms with Crippen LogP contribution in [0.3, 0.4) is 0 Å². The van der Waals surface area contributed by atoms with Crippen LogP contribution in [0, 0.1) is 0 Å². The fourth-order valence-corrected chi connectivity index (χ4v) is 1.96. The molecular formula is C11H21N5O2. The highest BCUT2D eigenvalue weighted by Gasteiger charge is 2.21. The molecule has 0 fully saturated rings. The Labute approximate surface area is 107 Å². The Balaban J connectivity index is 2.69. The minimum Gasteiger partial charge on any atom is -0.395 e. The monoisotopic (exact) mass is 255 g/mol. The van der Waals surface area contributed by atoms with E-state index in [1.54, 1.807) is 4.90 Å². The minimum absolute atomic E-state index is 0.0399. The van der Waals surface area contributed by atoms with Gasteiger partial charge in [-0.05, 0) is 12.8 Å². The summed E-state index contributed by atoms with van der Waals surface area (Å²) in [7, 11) is 0. The molecule has 1 heterocycles. The van der Waals surface area contributed by atoms with Crippen LogP contribution in [-0.4, -0.2) is 49.9 Å². The average molecular weight is 255 g/mol. The van der Waals surface area contributed by atoms with Crippen LogP contribution >= 0.6 is 0 Å². The van der Waals surface area contributed by atoms with Crippen molar-refractivity contribution >= 4 is 11.9 Å². The predicted molar refractivity (Wildman–Crippen MR) is 67.6 cm³/mol. The first-order valence-electron chi connectivity index (χ1n) is 6.17. The van der Waals surface area contributed by atoms with Gasteiger partial charge in [0.15, 0.2) is 0 Å². The van der Waals surface area contributed by atoms with Crippen molar-refractivity contribution < 1.29 is 9.90 Å². The van der Waals surface area contributed by atoms with Gasteiger partial charge < -0.3 is 15.7 Å². The van der Waals surface area contributed by atoms with E-state index in [0.29, 0.717) is 6.54 Å². The zero-order valence-corrected chi connectivity index (χ0v) is 10.9. The molecule has 0 aliphatic rings. The Kier molecular flexibility index (Phi) is 5.57. The maximum absolute atomic E-state index is 12.2. The number of nitrogens with two attached hydrogens (primary N) is 1. The molecule has 102 valence electrons. The van der Waals surface area contributed by atoms with Gasteiger partial charge >= 0.3 is 0 Å². The summed E-state index contributed by atoms with van der Waals surface area (Å²) >= 11 is 0. The van der Waals surface area contributed by atoms with Crippen LogP contribution in [0.25, 0.3) is 0 Å². The molecule has 0 atom stereocenters. The normalized spacial score (nSPS) is 10.9. The lowest BCUT2D eigenvalue weighted by Gasteiger charge is -2.29. The van der Waals surface area contributed by atoms with Crippen molar-refractivity contribution in [2.45, 2.75) is 39.3 Å². The molecule has 1 aromatic rings. The molecule has 18 heavy (non-hydrogen) atoms. The molecule has 0 bridgehead atoms. The van der Waals surface area contributed by atoms with Crippen LogP contribution in [0.15, 0.2) is 6.33 Å². The summed E-state index contributed by atoms with van der Waals surface area (Å²) in [6, 6.07) is 0.144. The van der Waals surface area contributed by atoms with Gasteiger partial charge in [0, 0.05) is 12.6 Å². The van der Waals surface area contributed by atoms with Crippen molar-refractivity contribution in [1.82, 2.24) is 19.7 Å². The number of aliphatic hydroxyl groups is 1. The topological polar surface area (TPSA) is 97.3 Å². The molecule has 0 saturated carbocycles. The standard InChI is InChI=1S/C11H21N5O2/c1-3-9(4-2)16(5-6-17)10(18)7-15-8-13-11(12)14-15/h8-9,17H,3-7H2,1-2H3,(H2,12,14). The molecule has 1 amide bonds. The average Bonchev–Trinajstić information content (AvgIpc) is 2.75. The van der Waals surface area contributed by atoms with Crippen LogP contribution in [0.2, 0.25) is 0 Å². The lowest BCUT2D eigenvalue weighted by Crippen LogP contribution is -2.43. The summed E-state index contributed by atoms with van der Waals surface area (Å²) in [4.78, 5) is 17.6. The fourth-order valence-electron chi connectivity index (χ4n) is 1.96. The van der Waals surface area contributed by atoms with Gasteiger partial charge in [-0.25, -0.2) is 9.67 Å². The molecule has 7 nitrogen and oxygen atoms in total. The number of hydrogen-bond acceptors (Lipinski definition) is 5. The van der Waals surface area contributed by atoms with Gasteiger partial charge in [-0.2, -0.15) is 0 Å². The van der Waals surface area contributed by atoms with Crippen LogP contribution < -0.4 is 5.73 Å². The number of amides is 1. The van der Waals surface area contributed by atoms with Crippen molar-refractivity contribution in [2.75, 3.05) is 18.9 Å². The molecule has 0 radical (unpaired) electrons. The quantitative estimate of drug-likeness (QED) is 0.707. The van der Waals surface area contributed by atoms with Crippen LogP contribution in [0.4, 0.5) is 5.95 Å². The van der Waals surface area contributed by atoms with Gasteiger partial charge in [0.05, 0.1) is 6.61 Å². The Hall–Kier alpha value is -1.63. The molecule has 0 aliphatic carbocycles. The van der Waals surface area contributed by atoms with Gasteiger partial charge in [-0.3, -0.25) is 4.79 Å². The van der Waals surface area contributed by atoms with E-state index < -0.39 is 0 Å². The van der Waals surface area contributed by atoms with Crippen molar-refractivity contribution in [2.24, 2.45) is 0 Å². The zero-order valence-electron chi connectivity index (χ0n) is 10.9. The van der Waals surface area contributed by atoms with E-state index in [0.717, 1.165) is 12.8 Å². The molecule has 0 aromatic carbocycles. The molecular weight excluding hydrogens is 234 g/mol. The van der Waals surface area contributed by atoms with Crippen molar-refractivity contribution in [1.29, 1.82) is 0 Å². The van der Waals surface area contributed by atoms with E-state index in [-0.39, 0.29) is 31.0 Å². The summed E-state index contributed by atoms with van der Waals surface area (Å²) in [6.45, 7) is 4.45. The van der Waals surface area contributed by atoms with E-state index in [2.05, 4.69) is 10.1 Å². The van der Waals surface area contributed by atoms with Crippen LogP contribution in [0.1, 0.15) is 26.7 Å². The molecule has 0 aliphatic heterocycles.